The molecule has 0 unspecified atom stereocenters. The Morgan fingerprint density at radius 3 is 2.17 bits per heavy atom. The average Bonchev–Trinajstić information content (AvgIpc) is 2.72. The van der Waals surface area contributed by atoms with Crippen LogP contribution in [0.5, 0.6) is 23.0 Å². The number of aromatic hydroxyl groups is 1. The standard InChI is InChI=1S/C20H25NO7S/c1-5-29(24,25)14-7-8-16(22)15(12-14)21-19(23)9-6-13-10-17(26-2)20(28-4)18(11-13)27-3/h7-8,10-12,22H,5-6,9H2,1-4H3,(H,21,23). The fourth-order valence-electron chi connectivity index (χ4n) is 2.73. The van der Waals surface area contributed by atoms with Crippen LogP contribution < -0.4 is 19.5 Å². The van der Waals surface area contributed by atoms with Crippen molar-refractivity contribution < 1.29 is 32.5 Å². The molecule has 8 nitrogen and oxygen atoms in total. The summed E-state index contributed by atoms with van der Waals surface area (Å²) in [6.07, 6.45) is 0.471. The fourth-order valence-corrected chi connectivity index (χ4v) is 3.63. The molecule has 1 amide bonds. The number of rotatable bonds is 9. The van der Waals surface area contributed by atoms with E-state index in [-0.39, 0.29) is 34.4 Å². The van der Waals surface area contributed by atoms with Gasteiger partial charge in [0, 0.05) is 6.42 Å². The molecule has 0 bridgehead atoms. The molecule has 2 aromatic carbocycles. The van der Waals surface area contributed by atoms with Gasteiger partial charge < -0.3 is 24.6 Å². The van der Waals surface area contributed by atoms with Crippen LogP contribution >= 0.6 is 0 Å². The molecule has 0 saturated heterocycles. The molecular weight excluding hydrogens is 398 g/mol. The van der Waals surface area contributed by atoms with E-state index in [1.165, 1.54) is 46.5 Å². The third-order valence-corrected chi connectivity index (χ3v) is 6.08. The van der Waals surface area contributed by atoms with Gasteiger partial charge in [-0.1, -0.05) is 6.92 Å². The van der Waals surface area contributed by atoms with Crippen LogP contribution in [0, 0.1) is 0 Å². The molecule has 0 spiro atoms. The molecule has 29 heavy (non-hydrogen) atoms. The number of methoxy groups -OCH3 is 3. The van der Waals surface area contributed by atoms with Gasteiger partial charge in [-0.2, -0.15) is 0 Å². The Labute approximate surface area is 170 Å². The summed E-state index contributed by atoms with van der Waals surface area (Å²) in [5.74, 6) is 0.768. The maximum absolute atomic E-state index is 12.3. The lowest BCUT2D eigenvalue weighted by atomic mass is 10.1. The monoisotopic (exact) mass is 423 g/mol. The van der Waals surface area contributed by atoms with Gasteiger partial charge in [0.15, 0.2) is 21.3 Å². The molecule has 158 valence electrons. The summed E-state index contributed by atoms with van der Waals surface area (Å²) in [6.45, 7) is 1.53. The summed E-state index contributed by atoms with van der Waals surface area (Å²) >= 11 is 0. The van der Waals surface area contributed by atoms with Crippen LogP contribution in [0.25, 0.3) is 0 Å². The minimum atomic E-state index is -3.45. The van der Waals surface area contributed by atoms with Crippen molar-refractivity contribution in [1.29, 1.82) is 0 Å². The van der Waals surface area contributed by atoms with Crippen molar-refractivity contribution in [3.8, 4) is 23.0 Å². The van der Waals surface area contributed by atoms with Gasteiger partial charge in [-0.25, -0.2) is 8.42 Å². The molecule has 2 rings (SSSR count). The highest BCUT2D eigenvalue weighted by Crippen LogP contribution is 2.38. The van der Waals surface area contributed by atoms with E-state index in [4.69, 9.17) is 14.2 Å². The molecule has 9 heteroatoms. The number of nitrogens with one attached hydrogen (secondary N) is 1. The van der Waals surface area contributed by atoms with Gasteiger partial charge in [-0.3, -0.25) is 4.79 Å². The summed E-state index contributed by atoms with van der Waals surface area (Å²) in [7, 11) is 1.07. The lowest BCUT2D eigenvalue weighted by Crippen LogP contribution is -2.13. The van der Waals surface area contributed by atoms with E-state index in [1.807, 2.05) is 0 Å². The maximum atomic E-state index is 12.3. The number of carbonyl (C=O) groups excluding carboxylic acids is 1. The van der Waals surface area contributed by atoms with Gasteiger partial charge in [0.2, 0.25) is 11.7 Å². The van der Waals surface area contributed by atoms with Gasteiger partial charge in [0.05, 0.1) is 37.7 Å². The third kappa shape index (κ3) is 5.32. The SMILES string of the molecule is CCS(=O)(=O)c1ccc(O)c(NC(=O)CCc2cc(OC)c(OC)c(OC)c2)c1. The van der Waals surface area contributed by atoms with Gasteiger partial charge in [-0.15, -0.1) is 0 Å². The smallest absolute Gasteiger partial charge is 0.224 e. The van der Waals surface area contributed by atoms with E-state index in [2.05, 4.69) is 5.32 Å². The molecule has 0 fully saturated rings. The van der Waals surface area contributed by atoms with Crippen LogP contribution in [-0.2, 0) is 21.1 Å². The van der Waals surface area contributed by atoms with E-state index in [0.29, 0.717) is 23.7 Å². The molecule has 0 saturated carbocycles. The zero-order valence-corrected chi connectivity index (χ0v) is 17.6. The first-order chi connectivity index (χ1) is 13.7. The number of hydrogen-bond donors (Lipinski definition) is 2. The molecule has 0 atom stereocenters. The van der Waals surface area contributed by atoms with E-state index >= 15 is 0 Å². The lowest BCUT2D eigenvalue weighted by Gasteiger charge is -2.14. The van der Waals surface area contributed by atoms with E-state index < -0.39 is 9.84 Å². The topological polar surface area (TPSA) is 111 Å². The lowest BCUT2D eigenvalue weighted by molar-refractivity contribution is -0.116. The summed E-state index contributed by atoms with van der Waals surface area (Å²) in [5, 5.41) is 12.5. The molecule has 0 radical (unpaired) electrons. The van der Waals surface area contributed by atoms with E-state index in [0.717, 1.165) is 5.56 Å². The second kappa shape index (κ2) is 9.51. The van der Waals surface area contributed by atoms with Crippen LogP contribution in [0.15, 0.2) is 35.2 Å². The van der Waals surface area contributed by atoms with Crippen LogP contribution in [0.1, 0.15) is 18.9 Å². The fraction of sp³-hybridized carbons (Fsp3) is 0.350. The molecular formula is C20H25NO7S. The molecule has 2 N–H and O–H groups in total. The number of ether oxygens (including phenoxy) is 3. The second-order valence-corrected chi connectivity index (χ2v) is 8.44. The predicted molar refractivity (Wildman–Crippen MR) is 109 cm³/mol. The molecule has 2 aromatic rings. The van der Waals surface area contributed by atoms with Crippen LogP contribution in [0.4, 0.5) is 5.69 Å². The van der Waals surface area contributed by atoms with Crippen molar-refractivity contribution in [3.05, 3.63) is 35.9 Å². The van der Waals surface area contributed by atoms with Gasteiger partial charge in [-0.05, 0) is 42.3 Å². The summed E-state index contributed by atoms with van der Waals surface area (Å²) in [4.78, 5) is 12.4. The number of aryl methyl sites for hydroxylation is 1. The van der Waals surface area contributed by atoms with Crippen LogP contribution in [0.3, 0.4) is 0 Å². The number of anilines is 1. The zero-order valence-electron chi connectivity index (χ0n) is 16.8. The number of amides is 1. The number of benzene rings is 2. The Balaban J connectivity index is 2.14. The van der Waals surface area contributed by atoms with Crippen molar-refractivity contribution in [3.63, 3.8) is 0 Å². The normalized spacial score (nSPS) is 11.0. The summed E-state index contributed by atoms with van der Waals surface area (Å²) in [5.41, 5.74) is 0.843. The van der Waals surface area contributed by atoms with Gasteiger partial charge in [0.1, 0.15) is 5.75 Å². The Kier molecular flexibility index (Phi) is 7.33. The van der Waals surface area contributed by atoms with Crippen molar-refractivity contribution in [1.82, 2.24) is 0 Å². The molecule has 0 heterocycles. The zero-order chi connectivity index (χ0) is 21.6. The Hall–Kier alpha value is -2.94. The quantitative estimate of drug-likeness (QED) is 0.597. The highest BCUT2D eigenvalue weighted by Gasteiger charge is 2.17. The number of carbonyl (C=O) groups is 1. The minimum absolute atomic E-state index is 0.0396. The largest absolute Gasteiger partial charge is 0.506 e. The first-order valence-electron chi connectivity index (χ1n) is 8.90. The molecule has 0 aliphatic carbocycles. The Bertz CT molecular complexity index is 961. The van der Waals surface area contributed by atoms with Gasteiger partial charge in [0.25, 0.3) is 0 Å². The minimum Gasteiger partial charge on any atom is -0.506 e. The average molecular weight is 423 g/mol. The van der Waals surface area contributed by atoms with Crippen molar-refractivity contribution in [2.24, 2.45) is 0 Å². The number of hydrogen-bond acceptors (Lipinski definition) is 7. The highest BCUT2D eigenvalue weighted by molar-refractivity contribution is 7.91. The predicted octanol–water partition coefficient (Wildman–Crippen LogP) is 2.78. The first kappa shape index (κ1) is 22.4. The highest BCUT2D eigenvalue weighted by atomic mass is 32.2. The van der Waals surface area contributed by atoms with Gasteiger partial charge >= 0.3 is 0 Å². The van der Waals surface area contributed by atoms with E-state index in [1.54, 1.807) is 12.1 Å². The first-order valence-corrected chi connectivity index (χ1v) is 10.6. The molecule has 0 aliphatic heterocycles. The summed E-state index contributed by atoms with van der Waals surface area (Å²) < 4.78 is 39.9. The maximum Gasteiger partial charge on any atom is 0.224 e. The molecule has 0 aromatic heterocycles. The van der Waals surface area contributed by atoms with E-state index in [9.17, 15) is 18.3 Å². The summed E-state index contributed by atoms with van der Waals surface area (Å²) in [6, 6.07) is 7.31. The van der Waals surface area contributed by atoms with Crippen LogP contribution in [-0.4, -0.2) is 46.5 Å². The van der Waals surface area contributed by atoms with Crippen molar-refractivity contribution >= 4 is 21.4 Å². The molecule has 0 aliphatic rings. The Morgan fingerprint density at radius 1 is 1.03 bits per heavy atom. The van der Waals surface area contributed by atoms with Crippen LogP contribution in [0.2, 0.25) is 0 Å². The third-order valence-electron chi connectivity index (χ3n) is 4.35. The van der Waals surface area contributed by atoms with Crippen molar-refractivity contribution in [2.75, 3.05) is 32.4 Å². The second-order valence-electron chi connectivity index (χ2n) is 6.16. The number of phenolic OH excluding ortho intramolecular Hbond substituents is 1. The number of sulfone groups is 1. The number of phenols is 1. The Morgan fingerprint density at radius 2 is 1.66 bits per heavy atom. The van der Waals surface area contributed by atoms with Crippen molar-refractivity contribution in [2.45, 2.75) is 24.7 Å².